The third-order valence-electron chi connectivity index (χ3n) is 4.05. The van der Waals surface area contributed by atoms with Crippen molar-refractivity contribution in [1.29, 1.82) is 0 Å². The summed E-state index contributed by atoms with van der Waals surface area (Å²) in [5, 5.41) is 7.28. The molecule has 1 atom stereocenters. The molecular formula is C19H23ClN2O4. The second kappa shape index (κ2) is 6.83. The van der Waals surface area contributed by atoms with Crippen molar-refractivity contribution < 1.29 is 18.8 Å². The van der Waals surface area contributed by atoms with Gasteiger partial charge in [0.15, 0.2) is 0 Å². The van der Waals surface area contributed by atoms with Gasteiger partial charge in [-0.15, -0.1) is 0 Å². The van der Waals surface area contributed by atoms with E-state index in [-0.39, 0.29) is 6.10 Å². The molecule has 7 heteroatoms. The van der Waals surface area contributed by atoms with Gasteiger partial charge in [0.2, 0.25) is 0 Å². The van der Waals surface area contributed by atoms with Crippen LogP contribution in [0.4, 0.5) is 4.79 Å². The van der Waals surface area contributed by atoms with E-state index in [1.807, 2.05) is 46.8 Å². The number of ether oxygens (including phenoxy) is 2. The number of amides is 1. The first-order chi connectivity index (χ1) is 12.1. The molecule has 6 nitrogen and oxygen atoms in total. The zero-order valence-corrected chi connectivity index (χ0v) is 16.4. The van der Waals surface area contributed by atoms with Gasteiger partial charge in [0.25, 0.3) is 0 Å². The Morgan fingerprint density at radius 3 is 2.73 bits per heavy atom. The second-order valence-electron chi connectivity index (χ2n) is 7.47. The number of nitrogens with zero attached hydrogens (tertiary/aromatic N) is 1. The van der Waals surface area contributed by atoms with Crippen molar-refractivity contribution in [2.24, 2.45) is 0 Å². The Labute approximate surface area is 157 Å². The van der Waals surface area contributed by atoms with Gasteiger partial charge in [0.1, 0.15) is 23.2 Å². The van der Waals surface area contributed by atoms with E-state index in [0.29, 0.717) is 23.7 Å². The summed E-state index contributed by atoms with van der Waals surface area (Å²) < 4.78 is 16.4. The fourth-order valence-electron chi connectivity index (χ4n) is 3.05. The molecule has 1 N–H and O–H groups in total. The van der Waals surface area contributed by atoms with Gasteiger partial charge in [-0.3, -0.25) is 0 Å². The average molecular weight is 379 g/mol. The van der Waals surface area contributed by atoms with Gasteiger partial charge in [-0.05, 0) is 52.3 Å². The summed E-state index contributed by atoms with van der Waals surface area (Å²) in [6, 6.07) is 3.90. The Morgan fingerprint density at radius 2 is 2.12 bits per heavy atom. The lowest BCUT2D eigenvalue weighted by Gasteiger charge is -2.20. The van der Waals surface area contributed by atoms with E-state index >= 15 is 0 Å². The van der Waals surface area contributed by atoms with Gasteiger partial charge in [0.05, 0.1) is 17.3 Å². The van der Waals surface area contributed by atoms with Gasteiger partial charge in [-0.25, -0.2) is 4.79 Å². The van der Waals surface area contributed by atoms with Crippen molar-refractivity contribution in [3.63, 3.8) is 0 Å². The first-order valence-electron chi connectivity index (χ1n) is 8.53. The molecule has 3 rings (SSSR count). The van der Waals surface area contributed by atoms with Crippen LogP contribution in [-0.2, 0) is 11.2 Å². The average Bonchev–Trinajstić information content (AvgIpc) is 3.07. The number of halogens is 1. The summed E-state index contributed by atoms with van der Waals surface area (Å²) in [5.41, 5.74) is 3.19. The van der Waals surface area contributed by atoms with E-state index in [0.717, 1.165) is 28.1 Å². The predicted molar refractivity (Wildman–Crippen MR) is 98.8 cm³/mol. The molecule has 2 aromatic rings. The largest absolute Gasteiger partial charge is 0.486 e. The molecule has 1 aliphatic heterocycles. The monoisotopic (exact) mass is 378 g/mol. The lowest BCUT2D eigenvalue weighted by molar-refractivity contribution is 0.0506. The SMILES string of the molecule is Cc1noc(C)c1-c1cc(Cl)c2c(c1)CC(CNC(=O)OC(C)(C)C)O2. The highest BCUT2D eigenvalue weighted by atomic mass is 35.5. The molecule has 1 aromatic carbocycles. The number of rotatable bonds is 3. The number of hydrogen-bond donors (Lipinski definition) is 1. The molecule has 0 saturated heterocycles. The van der Waals surface area contributed by atoms with Gasteiger partial charge >= 0.3 is 6.09 Å². The molecule has 1 aliphatic rings. The molecule has 1 amide bonds. The summed E-state index contributed by atoms with van der Waals surface area (Å²) in [6.07, 6.45) is 0.0108. The van der Waals surface area contributed by atoms with E-state index in [4.69, 9.17) is 25.6 Å². The number of carbonyl (C=O) groups is 1. The summed E-state index contributed by atoms with van der Waals surface area (Å²) in [7, 11) is 0. The molecule has 0 aliphatic carbocycles. The van der Waals surface area contributed by atoms with Crippen molar-refractivity contribution >= 4 is 17.7 Å². The number of benzene rings is 1. The van der Waals surface area contributed by atoms with Crippen LogP contribution in [0.2, 0.25) is 5.02 Å². The van der Waals surface area contributed by atoms with E-state index in [2.05, 4.69) is 10.5 Å². The summed E-state index contributed by atoms with van der Waals surface area (Å²) in [6.45, 7) is 9.59. The first-order valence-corrected chi connectivity index (χ1v) is 8.91. The van der Waals surface area contributed by atoms with E-state index in [9.17, 15) is 4.79 Å². The molecule has 0 fully saturated rings. The minimum atomic E-state index is -0.532. The van der Waals surface area contributed by atoms with Crippen LogP contribution in [-0.4, -0.2) is 29.5 Å². The van der Waals surface area contributed by atoms with Crippen LogP contribution in [0.3, 0.4) is 0 Å². The van der Waals surface area contributed by atoms with E-state index in [1.54, 1.807) is 0 Å². The second-order valence-corrected chi connectivity index (χ2v) is 7.88. The van der Waals surface area contributed by atoms with Gasteiger partial charge in [0, 0.05) is 17.5 Å². The first kappa shape index (κ1) is 18.6. The molecule has 0 spiro atoms. The van der Waals surface area contributed by atoms with Gasteiger partial charge in [-0.2, -0.15) is 0 Å². The fourth-order valence-corrected chi connectivity index (χ4v) is 3.34. The van der Waals surface area contributed by atoms with Crippen LogP contribution >= 0.6 is 11.6 Å². The number of carbonyl (C=O) groups excluding carboxylic acids is 1. The Balaban J connectivity index is 1.71. The number of fused-ring (bicyclic) bond motifs is 1. The molecule has 26 heavy (non-hydrogen) atoms. The fraction of sp³-hybridized carbons (Fsp3) is 0.474. The van der Waals surface area contributed by atoms with Gasteiger partial charge < -0.3 is 19.3 Å². The molecule has 140 valence electrons. The number of hydrogen-bond acceptors (Lipinski definition) is 5. The maximum absolute atomic E-state index is 11.8. The maximum atomic E-state index is 11.8. The van der Waals surface area contributed by atoms with Crippen molar-refractivity contribution in [1.82, 2.24) is 10.5 Å². The van der Waals surface area contributed by atoms with Crippen molar-refractivity contribution in [2.45, 2.75) is 52.7 Å². The standard InChI is InChI=1S/C19H23ClN2O4/c1-10-16(11(2)26-22-10)12-6-13-7-14(24-17(13)15(20)8-12)9-21-18(23)25-19(3,4)5/h6,8,14H,7,9H2,1-5H3,(H,21,23). The number of alkyl carbamates (subject to hydrolysis) is 1. The van der Waals surface area contributed by atoms with E-state index in [1.165, 1.54) is 0 Å². The van der Waals surface area contributed by atoms with Crippen molar-refractivity contribution in [3.8, 4) is 16.9 Å². The minimum Gasteiger partial charge on any atom is -0.486 e. The van der Waals surface area contributed by atoms with Crippen LogP contribution in [0.25, 0.3) is 11.1 Å². The lowest BCUT2D eigenvalue weighted by atomic mass is 10.00. The van der Waals surface area contributed by atoms with E-state index < -0.39 is 11.7 Å². The third-order valence-corrected chi connectivity index (χ3v) is 4.33. The number of aromatic nitrogens is 1. The van der Waals surface area contributed by atoms with Gasteiger partial charge in [-0.1, -0.05) is 16.8 Å². The Morgan fingerprint density at radius 1 is 1.38 bits per heavy atom. The highest BCUT2D eigenvalue weighted by Gasteiger charge is 2.28. The zero-order valence-electron chi connectivity index (χ0n) is 15.6. The topological polar surface area (TPSA) is 73.6 Å². The molecule has 1 unspecified atom stereocenters. The quantitative estimate of drug-likeness (QED) is 0.854. The van der Waals surface area contributed by atoms with Crippen molar-refractivity contribution in [2.75, 3.05) is 6.54 Å². The normalized spacial score (nSPS) is 16.2. The Bertz CT molecular complexity index is 819. The molecular weight excluding hydrogens is 356 g/mol. The Hall–Kier alpha value is -2.21. The maximum Gasteiger partial charge on any atom is 0.407 e. The highest BCUT2D eigenvalue weighted by molar-refractivity contribution is 6.32. The molecule has 0 radical (unpaired) electrons. The molecule has 0 bridgehead atoms. The Kier molecular flexibility index (Phi) is 4.88. The lowest BCUT2D eigenvalue weighted by Crippen LogP contribution is -2.38. The minimum absolute atomic E-state index is 0.185. The van der Waals surface area contributed by atoms with Crippen LogP contribution in [0, 0.1) is 13.8 Å². The summed E-state index contributed by atoms with van der Waals surface area (Å²) >= 11 is 6.42. The summed E-state index contributed by atoms with van der Waals surface area (Å²) in [5.74, 6) is 1.42. The number of nitrogens with one attached hydrogen (secondary N) is 1. The van der Waals surface area contributed by atoms with Crippen LogP contribution in [0.1, 0.15) is 37.8 Å². The smallest absolute Gasteiger partial charge is 0.407 e. The van der Waals surface area contributed by atoms with Crippen LogP contribution < -0.4 is 10.1 Å². The van der Waals surface area contributed by atoms with Crippen LogP contribution in [0.15, 0.2) is 16.7 Å². The number of aryl methyl sites for hydroxylation is 2. The van der Waals surface area contributed by atoms with Crippen LogP contribution in [0.5, 0.6) is 5.75 Å². The zero-order chi connectivity index (χ0) is 19.1. The third kappa shape index (κ3) is 3.96. The predicted octanol–water partition coefficient (Wildman–Crippen LogP) is 4.44. The molecule has 2 heterocycles. The molecule has 0 saturated carbocycles. The molecule has 1 aromatic heterocycles. The highest BCUT2D eigenvalue weighted by Crippen LogP contribution is 2.40. The summed E-state index contributed by atoms with van der Waals surface area (Å²) in [4.78, 5) is 11.8. The van der Waals surface area contributed by atoms with Crippen molar-refractivity contribution in [3.05, 3.63) is 34.2 Å².